The summed E-state index contributed by atoms with van der Waals surface area (Å²) in [5, 5.41) is 19.2. The van der Waals surface area contributed by atoms with Crippen molar-refractivity contribution < 1.29 is 15.0 Å². The van der Waals surface area contributed by atoms with Gasteiger partial charge in [-0.25, -0.2) is 0 Å². The largest absolute Gasteiger partial charge is 0.481 e. The maximum Gasteiger partial charge on any atom is 0.308 e. The Balaban J connectivity index is 2.57. The van der Waals surface area contributed by atoms with Crippen LogP contribution in [0, 0.1) is 17.8 Å². The third kappa shape index (κ3) is 2.95. The fourth-order valence-corrected chi connectivity index (χ4v) is 2.15. The number of carboxylic acid groups (broad SMARTS) is 1. The number of aliphatic hydroxyl groups is 1. The predicted octanol–water partition coefficient (Wildman–Crippen LogP) is 1.05. The van der Waals surface area contributed by atoms with Gasteiger partial charge >= 0.3 is 5.97 Å². The zero-order chi connectivity index (χ0) is 12.5. The smallest absolute Gasteiger partial charge is 0.308 e. The second-order valence-electron chi connectivity index (χ2n) is 5.63. The fourth-order valence-electron chi connectivity index (χ4n) is 2.15. The second-order valence-corrected chi connectivity index (χ2v) is 5.63. The van der Waals surface area contributed by atoms with Gasteiger partial charge in [-0.15, -0.1) is 0 Å². The van der Waals surface area contributed by atoms with Crippen LogP contribution < -0.4 is 0 Å². The van der Waals surface area contributed by atoms with Gasteiger partial charge in [0, 0.05) is 19.6 Å². The molecular weight excluding hydrogens is 206 g/mol. The van der Waals surface area contributed by atoms with Gasteiger partial charge in [0.2, 0.25) is 0 Å². The summed E-state index contributed by atoms with van der Waals surface area (Å²) in [6, 6.07) is 0. The first-order chi connectivity index (χ1) is 7.24. The maximum absolute atomic E-state index is 11.0. The summed E-state index contributed by atoms with van der Waals surface area (Å²) >= 11 is 0. The van der Waals surface area contributed by atoms with E-state index < -0.39 is 11.6 Å². The van der Waals surface area contributed by atoms with E-state index in [0.717, 1.165) is 6.54 Å². The van der Waals surface area contributed by atoms with Crippen LogP contribution in [0.3, 0.4) is 0 Å². The highest BCUT2D eigenvalue weighted by Gasteiger charge is 2.38. The molecular formula is C12H23NO3. The first-order valence-electron chi connectivity index (χ1n) is 5.91. The number of carboxylic acids is 1. The van der Waals surface area contributed by atoms with E-state index in [1.807, 2.05) is 27.7 Å². The number of nitrogens with zero attached hydrogens (tertiary/aromatic N) is 1. The van der Waals surface area contributed by atoms with E-state index in [1.54, 1.807) is 0 Å². The van der Waals surface area contributed by atoms with Crippen molar-refractivity contribution in [1.82, 2.24) is 4.90 Å². The number of likely N-dealkylation sites (tertiary alicyclic amines) is 1. The van der Waals surface area contributed by atoms with Crippen molar-refractivity contribution in [3.05, 3.63) is 0 Å². The van der Waals surface area contributed by atoms with Crippen LogP contribution in [-0.4, -0.2) is 46.3 Å². The fraction of sp³-hybridized carbons (Fsp3) is 0.917. The monoisotopic (exact) mass is 229 g/mol. The van der Waals surface area contributed by atoms with Gasteiger partial charge < -0.3 is 10.2 Å². The molecule has 0 spiro atoms. The van der Waals surface area contributed by atoms with Crippen LogP contribution in [0.15, 0.2) is 0 Å². The minimum absolute atomic E-state index is 0.167. The van der Waals surface area contributed by atoms with Crippen LogP contribution in [0.4, 0.5) is 0 Å². The van der Waals surface area contributed by atoms with Crippen molar-refractivity contribution in [2.45, 2.75) is 33.3 Å². The zero-order valence-electron chi connectivity index (χ0n) is 10.6. The SMILES string of the molecule is CC(C)C(C)(O)CN1C[C@@H](C)[C@H](C(=O)O)C1. The van der Waals surface area contributed by atoms with E-state index >= 15 is 0 Å². The molecule has 1 saturated heterocycles. The molecule has 0 aliphatic carbocycles. The average molecular weight is 229 g/mol. The van der Waals surface area contributed by atoms with E-state index in [1.165, 1.54) is 0 Å². The van der Waals surface area contributed by atoms with E-state index in [2.05, 4.69) is 4.90 Å². The Morgan fingerprint density at radius 3 is 2.44 bits per heavy atom. The molecule has 1 aliphatic rings. The summed E-state index contributed by atoms with van der Waals surface area (Å²) in [7, 11) is 0. The van der Waals surface area contributed by atoms with Crippen molar-refractivity contribution in [2.24, 2.45) is 17.8 Å². The van der Waals surface area contributed by atoms with Crippen molar-refractivity contribution in [2.75, 3.05) is 19.6 Å². The van der Waals surface area contributed by atoms with Gasteiger partial charge in [0.15, 0.2) is 0 Å². The van der Waals surface area contributed by atoms with E-state index in [4.69, 9.17) is 5.11 Å². The molecule has 0 aromatic rings. The molecule has 94 valence electrons. The molecule has 2 N–H and O–H groups in total. The summed E-state index contributed by atoms with van der Waals surface area (Å²) in [5.74, 6) is -0.672. The molecule has 1 fully saturated rings. The van der Waals surface area contributed by atoms with Crippen LogP contribution in [0.5, 0.6) is 0 Å². The molecule has 1 aliphatic heterocycles. The third-order valence-electron chi connectivity index (χ3n) is 3.79. The maximum atomic E-state index is 11.0. The number of rotatable bonds is 4. The van der Waals surface area contributed by atoms with Crippen LogP contribution >= 0.6 is 0 Å². The van der Waals surface area contributed by atoms with Gasteiger partial charge in [-0.3, -0.25) is 9.69 Å². The molecule has 4 nitrogen and oxygen atoms in total. The van der Waals surface area contributed by atoms with Crippen molar-refractivity contribution in [3.8, 4) is 0 Å². The Morgan fingerprint density at radius 1 is 1.50 bits per heavy atom. The number of aliphatic carboxylic acids is 1. The van der Waals surface area contributed by atoms with Gasteiger partial charge in [-0.1, -0.05) is 20.8 Å². The van der Waals surface area contributed by atoms with Gasteiger partial charge in [0.25, 0.3) is 0 Å². The second kappa shape index (κ2) is 4.72. The van der Waals surface area contributed by atoms with E-state index in [0.29, 0.717) is 13.1 Å². The number of carbonyl (C=O) groups is 1. The normalized spacial score (nSPS) is 30.6. The first kappa shape index (κ1) is 13.5. The average Bonchev–Trinajstić information content (AvgIpc) is 2.45. The minimum atomic E-state index is -0.743. The Morgan fingerprint density at radius 2 is 2.06 bits per heavy atom. The van der Waals surface area contributed by atoms with Gasteiger partial charge in [-0.2, -0.15) is 0 Å². The number of hydrogen-bond acceptors (Lipinski definition) is 3. The van der Waals surface area contributed by atoms with Crippen LogP contribution in [0.1, 0.15) is 27.7 Å². The van der Waals surface area contributed by atoms with Gasteiger partial charge in [0.05, 0.1) is 11.5 Å². The summed E-state index contributed by atoms with van der Waals surface area (Å²) < 4.78 is 0. The lowest BCUT2D eigenvalue weighted by molar-refractivity contribution is -0.142. The first-order valence-corrected chi connectivity index (χ1v) is 5.91. The summed E-state index contributed by atoms with van der Waals surface area (Å²) in [5.41, 5.74) is -0.743. The van der Waals surface area contributed by atoms with Gasteiger partial charge in [0.1, 0.15) is 0 Å². The minimum Gasteiger partial charge on any atom is -0.481 e. The zero-order valence-corrected chi connectivity index (χ0v) is 10.6. The Hall–Kier alpha value is -0.610. The summed E-state index contributed by atoms with van der Waals surface area (Å²) in [6.07, 6.45) is 0. The Bertz CT molecular complexity index is 263. The lowest BCUT2D eigenvalue weighted by Gasteiger charge is -2.32. The molecule has 0 aromatic carbocycles. The highest BCUT2D eigenvalue weighted by molar-refractivity contribution is 5.71. The van der Waals surface area contributed by atoms with Crippen LogP contribution in [0.25, 0.3) is 0 Å². The molecule has 1 unspecified atom stereocenters. The quantitative estimate of drug-likeness (QED) is 0.756. The molecule has 0 aromatic heterocycles. The van der Waals surface area contributed by atoms with Crippen molar-refractivity contribution >= 4 is 5.97 Å². The van der Waals surface area contributed by atoms with Crippen LogP contribution in [0.2, 0.25) is 0 Å². The van der Waals surface area contributed by atoms with E-state index in [-0.39, 0.29) is 17.8 Å². The Labute approximate surface area is 97.3 Å². The van der Waals surface area contributed by atoms with Crippen molar-refractivity contribution in [3.63, 3.8) is 0 Å². The molecule has 0 saturated carbocycles. The summed E-state index contributed by atoms with van der Waals surface area (Å²) in [6.45, 7) is 9.61. The number of hydrogen-bond donors (Lipinski definition) is 2. The topological polar surface area (TPSA) is 60.8 Å². The molecule has 0 radical (unpaired) electrons. The van der Waals surface area contributed by atoms with E-state index in [9.17, 15) is 9.90 Å². The molecule has 3 atom stereocenters. The highest BCUT2D eigenvalue weighted by atomic mass is 16.4. The molecule has 4 heteroatoms. The molecule has 1 heterocycles. The molecule has 0 amide bonds. The predicted molar refractivity (Wildman–Crippen MR) is 62.2 cm³/mol. The van der Waals surface area contributed by atoms with Gasteiger partial charge in [-0.05, 0) is 18.8 Å². The molecule has 1 rings (SSSR count). The van der Waals surface area contributed by atoms with Crippen LogP contribution in [-0.2, 0) is 4.79 Å². The summed E-state index contributed by atoms with van der Waals surface area (Å²) in [4.78, 5) is 13.0. The standard InChI is InChI=1S/C12H23NO3/c1-8(2)12(4,16)7-13-5-9(3)10(6-13)11(14)15/h8-10,16H,5-7H2,1-4H3,(H,14,15)/t9-,10-,12?/m1/s1. The molecule has 16 heavy (non-hydrogen) atoms. The number of β-amino-alcohol motifs (C(OH)–C–C–N with tert-alkyl or cyclic N) is 1. The lowest BCUT2D eigenvalue weighted by atomic mass is 9.92. The third-order valence-corrected chi connectivity index (χ3v) is 3.79. The van der Waals surface area contributed by atoms with Crippen molar-refractivity contribution in [1.29, 1.82) is 0 Å². The Kier molecular flexibility index (Phi) is 3.97. The highest BCUT2D eigenvalue weighted by Crippen LogP contribution is 2.26. The lowest BCUT2D eigenvalue weighted by Crippen LogP contribution is -2.44. The molecule has 0 bridgehead atoms.